The van der Waals surface area contributed by atoms with Crippen LogP contribution in [-0.2, 0) is 9.84 Å². The number of hydrogen-bond donors (Lipinski definition) is 2. The molecule has 0 aliphatic rings. The lowest BCUT2D eigenvalue weighted by atomic mass is 10.1. The molecule has 0 radical (unpaired) electrons. The van der Waals surface area contributed by atoms with Gasteiger partial charge in [-0.3, -0.25) is 0 Å². The molecule has 0 aliphatic heterocycles. The van der Waals surface area contributed by atoms with Crippen molar-refractivity contribution in [1.29, 1.82) is 0 Å². The van der Waals surface area contributed by atoms with Crippen LogP contribution in [0.4, 0.5) is 5.69 Å². The molecule has 5 nitrogen and oxygen atoms in total. The van der Waals surface area contributed by atoms with Crippen molar-refractivity contribution in [2.75, 3.05) is 24.4 Å². The van der Waals surface area contributed by atoms with Crippen molar-refractivity contribution in [3.8, 4) is 0 Å². The summed E-state index contributed by atoms with van der Waals surface area (Å²) in [5, 5.41) is 12.2. The van der Waals surface area contributed by atoms with Crippen molar-refractivity contribution < 1.29 is 18.3 Å². The molecular formula is C13H19NO4S2. The van der Waals surface area contributed by atoms with Gasteiger partial charge in [0.15, 0.2) is 9.84 Å². The molecule has 0 heterocycles. The maximum absolute atomic E-state index is 11.7. The Labute approximate surface area is 123 Å². The van der Waals surface area contributed by atoms with Crippen LogP contribution in [0.3, 0.4) is 0 Å². The van der Waals surface area contributed by atoms with Crippen LogP contribution in [0.25, 0.3) is 0 Å². The van der Waals surface area contributed by atoms with E-state index in [4.69, 9.17) is 0 Å². The zero-order valence-electron chi connectivity index (χ0n) is 11.9. The van der Waals surface area contributed by atoms with E-state index in [1.807, 2.05) is 0 Å². The average molecular weight is 317 g/mol. The van der Waals surface area contributed by atoms with Crippen molar-refractivity contribution in [2.24, 2.45) is 0 Å². The van der Waals surface area contributed by atoms with Gasteiger partial charge in [0.2, 0.25) is 0 Å². The molecule has 1 aromatic rings. The first-order chi connectivity index (χ1) is 9.10. The molecule has 0 spiro atoms. The minimum Gasteiger partial charge on any atom is -0.478 e. The quantitative estimate of drug-likeness (QED) is 0.784. The molecule has 0 bridgehead atoms. The van der Waals surface area contributed by atoms with Gasteiger partial charge >= 0.3 is 5.97 Å². The highest BCUT2D eigenvalue weighted by atomic mass is 32.2. The molecule has 20 heavy (non-hydrogen) atoms. The van der Waals surface area contributed by atoms with Gasteiger partial charge in [-0.15, -0.1) is 11.8 Å². The number of carboxylic acid groups (broad SMARTS) is 1. The van der Waals surface area contributed by atoms with Crippen LogP contribution in [0, 0.1) is 0 Å². The zero-order valence-corrected chi connectivity index (χ0v) is 13.6. The van der Waals surface area contributed by atoms with Crippen LogP contribution < -0.4 is 5.32 Å². The molecular weight excluding hydrogens is 298 g/mol. The molecule has 112 valence electrons. The van der Waals surface area contributed by atoms with E-state index in [0.29, 0.717) is 10.6 Å². The van der Waals surface area contributed by atoms with Gasteiger partial charge in [-0.25, -0.2) is 13.2 Å². The molecule has 0 saturated carbocycles. The Kier molecular flexibility index (Phi) is 5.10. The Morgan fingerprint density at radius 1 is 1.40 bits per heavy atom. The van der Waals surface area contributed by atoms with Gasteiger partial charge in [0.1, 0.15) is 0 Å². The topological polar surface area (TPSA) is 83.5 Å². The first kappa shape index (κ1) is 16.8. The van der Waals surface area contributed by atoms with Crippen molar-refractivity contribution in [1.82, 2.24) is 0 Å². The van der Waals surface area contributed by atoms with Crippen LogP contribution in [0.15, 0.2) is 23.1 Å². The Morgan fingerprint density at radius 2 is 2.00 bits per heavy atom. The molecule has 2 N–H and O–H groups in total. The molecule has 0 amide bonds. The SMILES string of the molecule is CSc1cccc(NCC(C)(C)S(C)(=O)=O)c1C(=O)O. The monoisotopic (exact) mass is 317 g/mol. The number of anilines is 1. The summed E-state index contributed by atoms with van der Waals surface area (Å²) in [6.07, 6.45) is 2.97. The second kappa shape index (κ2) is 6.05. The molecule has 0 aromatic heterocycles. The van der Waals surface area contributed by atoms with E-state index in [1.54, 1.807) is 38.3 Å². The summed E-state index contributed by atoms with van der Waals surface area (Å²) in [5.74, 6) is -1.03. The van der Waals surface area contributed by atoms with Gasteiger partial charge in [0.25, 0.3) is 0 Å². The summed E-state index contributed by atoms with van der Waals surface area (Å²) in [4.78, 5) is 12.0. The fraction of sp³-hybridized carbons (Fsp3) is 0.462. The maximum atomic E-state index is 11.7. The second-order valence-corrected chi connectivity index (χ2v) is 8.57. The fourth-order valence-electron chi connectivity index (χ4n) is 1.51. The second-order valence-electron chi connectivity index (χ2n) is 5.07. The first-order valence-electron chi connectivity index (χ1n) is 5.94. The summed E-state index contributed by atoms with van der Waals surface area (Å²) < 4.78 is 22.3. The highest BCUT2D eigenvalue weighted by molar-refractivity contribution is 7.98. The first-order valence-corrected chi connectivity index (χ1v) is 9.05. The van der Waals surface area contributed by atoms with E-state index in [9.17, 15) is 18.3 Å². The van der Waals surface area contributed by atoms with Crippen molar-refractivity contribution >= 4 is 33.3 Å². The van der Waals surface area contributed by atoms with Gasteiger partial charge in [0.05, 0.1) is 10.3 Å². The molecule has 0 fully saturated rings. The van der Waals surface area contributed by atoms with Crippen LogP contribution >= 0.6 is 11.8 Å². The van der Waals surface area contributed by atoms with E-state index < -0.39 is 20.6 Å². The van der Waals surface area contributed by atoms with Gasteiger partial charge in [-0.1, -0.05) is 6.07 Å². The van der Waals surface area contributed by atoms with Gasteiger partial charge in [0, 0.05) is 23.4 Å². The molecule has 1 aromatic carbocycles. The van der Waals surface area contributed by atoms with Crippen LogP contribution in [-0.4, -0.2) is 43.3 Å². The number of rotatable bonds is 6. The van der Waals surface area contributed by atoms with E-state index in [-0.39, 0.29) is 12.1 Å². The summed E-state index contributed by atoms with van der Waals surface area (Å²) in [6.45, 7) is 3.35. The number of hydrogen-bond acceptors (Lipinski definition) is 5. The van der Waals surface area contributed by atoms with Gasteiger partial charge in [-0.05, 0) is 32.2 Å². The van der Waals surface area contributed by atoms with Crippen LogP contribution in [0.2, 0.25) is 0 Å². The maximum Gasteiger partial charge on any atom is 0.338 e. The van der Waals surface area contributed by atoms with Crippen LogP contribution in [0.1, 0.15) is 24.2 Å². The van der Waals surface area contributed by atoms with E-state index in [1.165, 1.54) is 18.0 Å². The van der Waals surface area contributed by atoms with E-state index >= 15 is 0 Å². The number of nitrogens with one attached hydrogen (secondary N) is 1. The predicted octanol–water partition coefficient (Wildman–Crippen LogP) is 2.34. The number of thioether (sulfide) groups is 1. The van der Waals surface area contributed by atoms with Crippen LogP contribution in [0.5, 0.6) is 0 Å². The van der Waals surface area contributed by atoms with E-state index in [0.717, 1.165) is 0 Å². The minimum absolute atomic E-state index is 0.143. The minimum atomic E-state index is -3.24. The lowest BCUT2D eigenvalue weighted by Crippen LogP contribution is -2.38. The Hall–Kier alpha value is -1.21. The summed E-state index contributed by atoms with van der Waals surface area (Å²) in [5.41, 5.74) is 0.602. The third-order valence-corrected chi connectivity index (χ3v) is 6.10. The fourth-order valence-corrected chi connectivity index (χ4v) is 2.46. The normalized spacial score (nSPS) is 12.2. The summed E-state index contributed by atoms with van der Waals surface area (Å²) in [7, 11) is -3.24. The number of carbonyl (C=O) groups is 1. The molecule has 0 aliphatic carbocycles. The molecule has 0 atom stereocenters. The number of sulfone groups is 1. The Morgan fingerprint density at radius 3 is 2.45 bits per heavy atom. The molecule has 0 unspecified atom stereocenters. The third-order valence-electron chi connectivity index (χ3n) is 3.17. The van der Waals surface area contributed by atoms with E-state index in [2.05, 4.69) is 5.32 Å². The number of benzene rings is 1. The highest BCUT2D eigenvalue weighted by Crippen LogP contribution is 2.28. The Balaban J connectivity index is 3.08. The average Bonchev–Trinajstić information content (AvgIpc) is 2.34. The van der Waals surface area contributed by atoms with Crippen molar-refractivity contribution in [2.45, 2.75) is 23.5 Å². The van der Waals surface area contributed by atoms with Crippen molar-refractivity contribution in [3.05, 3.63) is 23.8 Å². The van der Waals surface area contributed by atoms with Gasteiger partial charge < -0.3 is 10.4 Å². The highest BCUT2D eigenvalue weighted by Gasteiger charge is 2.30. The number of aromatic carboxylic acids is 1. The number of carboxylic acids is 1. The standard InChI is InChI=1S/C13H19NO4S2/c1-13(2,20(4,17)18)8-14-9-6-5-7-10(19-3)11(9)12(15)16/h5-7,14H,8H2,1-4H3,(H,15,16). The molecule has 7 heteroatoms. The lowest BCUT2D eigenvalue weighted by molar-refractivity contribution is 0.0694. The largest absolute Gasteiger partial charge is 0.478 e. The smallest absolute Gasteiger partial charge is 0.338 e. The molecule has 1 rings (SSSR count). The van der Waals surface area contributed by atoms with Crippen molar-refractivity contribution in [3.63, 3.8) is 0 Å². The third kappa shape index (κ3) is 3.67. The Bertz CT molecular complexity index is 609. The summed E-state index contributed by atoms with van der Waals surface area (Å²) >= 11 is 1.34. The summed E-state index contributed by atoms with van der Waals surface area (Å²) in [6, 6.07) is 5.11. The lowest BCUT2D eigenvalue weighted by Gasteiger charge is -2.24. The van der Waals surface area contributed by atoms with Gasteiger partial charge in [-0.2, -0.15) is 0 Å². The zero-order chi connectivity index (χ0) is 15.6. The predicted molar refractivity (Wildman–Crippen MR) is 82.6 cm³/mol. The molecule has 0 saturated heterocycles.